The van der Waals surface area contributed by atoms with Crippen LogP contribution in [0, 0.1) is 0 Å². The molecule has 4 rings (SSSR count). The van der Waals surface area contributed by atoms with Crippen molar-refractivity contribution in [2.75, 3.05) is 0 Å². The smallest absolute Gasteiger partial charge is 0.330 e. The van der Waals surface area contributed by atoms with E-state index in [0.29, 0.717) is 18.8 Å². The normalized spacial score (nSPS) is 12.4. The second-order valence-electron chi connectivity index (χ2n) is 9.39. The Bertz CT molecular complexity index is 1380. The Balaban J connectivity index is 1.28. The highest BCUT2D eigenvalue weighted by atomic mass is 16.6. The lowest BCUT2D eigenvalue weighted by Gasteiger charge is -2.16. The molecule has 0 aliphatic heterocycles. The van der Waals surface area contributed by atoms with Gasteiger partial charge in [0.05, 0.1) is 0 Å². The number of phenols is 1. The van der Waals surface area contributed by atoms with Crippen LogP contribution in [0.2, 0.25) is 0 Å². The van der Waals surface area contributed by atoms with Crippen LogP contribution in [0.5, 0.6) is 11.5 Å². The number of rotatable bonds is 11. The summed E-state index contributed by atoms with van der Waals surface area (Å²) in [5, 5.41) is 9.96. The maximum absolute atomic E-state index is 12.6. The predicted octanol–water partition coefficient (Wildman–Crippen LogP) is 4.07. The molecule has 5 N–H and O–H groups in total. The molecule has 0 aromatic heterocycles. The van der Waals surface area contributed by atoms with Gasteiger partial charge in [-0.25, -0.2) is 9.59 Å². The Labute approximate surface area is 228 Å². The van der Waals surface area contributed by atoms with Crippen LogP contribution in [-0.4, -0.2) is 29.1 Å². The van der Waals surface area contributed by atoms with Gasteiger partial charge < -0.3 is 26.0 Å². The maximum atomic E-state index is 12.6. The lowest BCUT2D eigenvalue weighted by Crippen LogP contribution is -2.41. The highest BCUT2D eigenvalue weighted by molar-refractivity contribution is 5.91. The minimum Gasteiger partial charge on any atom is -0.508 e. The van der Waals surface area contributed by atoms with Gasteiger partial charge in [0.25, 0.3) is 0 Å². The standard InChI is InChI=1S/C32H32N2O5/c33-29(18-23-11-15-28(16-12-23)38-21-24-9-5-2-6-10-24)31(36)39-32(37)30(34)20-25-13-14-27(35)19-26(25)17-22-7-3-1-4-8-22/h1-16,19,29-30,35H,17-18,20-21,33-34H2/t29?,30-/m0/s1. The molecule has 0 saturated heterocycles. The molecule has 0 saturated carbocycles. The van der Waals surface area contributed by atoms with E-state index in [4.69, 9.17) is 20.9 Å². The van der Waals surface area contributed by atoms with Crippen molar-refractivity contribution in [3.8, 4) is 11.5 Å². The van der Waals surface area contributed by atoms with Crippen molar-refractivity contribution in [3.63, 3.8) is 0 Å². The van der Waals surface area contributed by atoms with Gasteiger partial charge in [0.1, 0.15) is 30.2 Å². The fraction of sp³-hybridized carbons (Fsp3) is 0.188. The lowest BCUT2D eigenvalue weighted by molar-refractivity contribution is -0.161. The number of hydrogen-bond acceptors (Lipinski definition) is 7. The summed E-state index contributed by atoms with van der Waals surface area (Å²) < 4.78 is 10.8. The number of aromatic hydroxyl groups is 1. The van der Waals surface area contributed by atoms with Crippen molar-refractivity contribution in [1.29, 1.82) is 0 Å². The molecule has 0 bridgehead atoms. The van der Waals surface area contributed by atoms with Crippen LogP contribution in [0.4, 0.5) is 0 Å². The molecular weight excluding hydrogens is 492 g/mol. The van der Waals surface area contributed by atoms with Crippen molar-refractivity contribution in [2.24, 2.45) is 11.5 Å². The Hall–Kier alpha value is -4.46. The lowest BCUT2D eigenvalue weighted by atomic mass is 9.95. The van der Waals surface area contributed by atoms with Crippen LogP contribution in [0.3, 0.4) is 0 Å². The summed E-state index contributed by atoms with van der Waals surface area (Å²) >= 11 is 0. The molecule has 4 aromatic carbocycles. The molecule has 0 fully saturated rings. The molecule has 39 heavy (non-hydrogen) atoms. The summed E-state index contributed by atoms with van der Waals surface area (Å²) in [6.45, 7) is 0.451. The first-order valence-corrected chi connectivity index (χ1v) is 12.7. The third-order valence-electron chi connectivity index (χ3n) is 6.30. The zero-order chi connectivity index (χ0) is 27.6. The Morgan fingerprint density at radius 1 is 0.667 bits per heavy atom. The minimum absolute atomic E-state index is 0.123. The number of esters is 2. The Morgan fingerprint density at radius 2 is 1.26 bits per heavy atom. The van der Waals surface area contributed by atoms with E-state index in [1.165, 1.54) is 0 Å². The van der Waals surface area contributed by atoms with Gasteiger partial charge >= 0.3 is 11.9 Å². The van der Waals surface area contributed by atoms with Crippen molar-refractivity contribution in [2.45, 2.75) is 38.0 Å². The fourth-order valence-electron chi connectivity index (χ4n) is 4.16. The molecule has 0 amide bonds. The molecular formula is C32H32N2O5. The van der Waals surface area contributed by atoms with Crippen LogP contribution in [0.25, 0.3) is 0 Å². The van der Waals surface area contributed by atoms with E-state index in [1.807, 2.05) is 84.9 Å². The molecule has 200 valence electrons. The van der Waals surface area contributed by atoms with Crippen LogP contribution < -0.4 is 16.2 Å². The first-order valence-electron chi connectivity index (χ1n) is 12.7. The molecule has 1 unspecified atom stereocenters. The zero-order valence-electron chi connectivity index (χ0n) is 21.5. The SMILES string of the molecule is NC(Cc1ccc(OCc2ccccc2)cc1)C(=O)OC(=O)[C@@H](N)Cc1ccc(O)cc1Cc1ccccc1. The fourth-order valence-corrected chi connectivity index (χ4v) is 4.16. The van der Waals surface area contributed by atoms with Gasteiger partial charge in [-0.05, 0) is 71.3 Å². The van der Waals surface area contributed by atoms with E-state index < -0.39 is 24.0 Å². The highest BCUT2D eigenvalue weighted by Crippen LogP contribution is 2.22. The van der Waals surface area contributed by atoms with E-state index in [0.717, 1.165) is 27.8 Å². The van der Waals surface area contributed by atoms with Gasteiger partial charge in [0.15, 0.2) is 0 Å². The van der Waals surface area contributed by atoms with Crippen LogP contribution >= 0.6 is 0 Å². The van der Waals surface area contributed by atoms with E-state index in [9.17, 15) is 14.7 Å². The molecule has 4 aromatic rings. The van der Waals surface area contributed by atoms with E-state index in [-0.39, 0.29) is 18.6 Å². The molecule has 0 aliphatic rings. The van der Waals surface area contributed by atoms with E-state index in [1.54, 1.807) is 18.2 Å². The zero-order valence-corrected chi connectivity index (χ0v) is 21.5. The van der Waals surface area contributed by atoms with Gasteiger partial charge in [-0.1, -0.05) is 78.9 Å². The molecule has 0 spiro atoms. The van der Waals surface area contributed by atoms with Crippen LogP contribution in [-0.2, 0) is 40.2 Å². The average molecular weight is 525 g/mol. The Kier molecular flexibility index (Phi) is 9.45. The van der Waals surface area contributed by atoms with Gasteiger partial charge in [-0.15, -0.1) is 0 Å². The quantitative estimate of drug-likeness (QED) is 0.200. The van der Waals surface area contributed by atoms with Crippen LogP contribution in [0.1, 0.15) is 27.8 Å². The van der Waals surface area contributed by atoms with Crippen molar-refractivity contribution >= 4 is 11.9 Å². The number of benzene rings is 4. The van der Waals surface area contributed by atoms with Crippen molar-refractivity contribution in [1.82, 2.24) is 0 Å². The number of nitrogens with two attached hydrogens (primary N) is 2. The molecule has 2 atom stereocenters. The number of carbonyl (C=O) groups excluding carboxylic acids is 2. The van der Waals surface area contributed by atoms with Gasteiger partial charge in [0.2, 0.25) is 0 Å². The number of ether oxygens (including phenoxy) is 2. The molecule has 0 aliphatic carbocycles. The second-order valence-corrected chi connectivity index (χ2v) is 9.39. The molecule has 7 heteroatoms. The summed E-state index contributed by atoms with van der Waals surface area (Å²) in [6, 6.07) is 29.7. The number of hydrogen-bond donors (Lipinski definition) is 3. The van der Waals surface area contributed by atoms with Gasteiger partial charge in [-0.2, -0.15) is 0 Å². The summed E-state index contributed by atoms with van der Waals surface area (Å²) in [6.07, 6.45) is 0.903. The van der Waals surface area contributed by atoms with Crippen LogP contribution in [0.15, 0.2) is 103 Å². The third kappa shape index (κ3) is 8.26. The van der Waals surface area contributed by atoms with Gasteiger partial charge in [0, 0.05) is 0 Å². The largest absolute Gasteiger partial charge is 0.508 e. The molecule has 7 nitrogen and oxygen atoms in total. The second kappa shape index (κ2) is 13.4. The summed E-state index contributed by atoms with van der Waals surface area (Å²) in [5.74, 6) is -0.868. The van der Waals surface area contributed by atoms with E-state index in [2.05, 4.69) is 0 Å². The predicted molar refractivity (Wildman–Crippen MR) is 149 cm³/mol. The van der Waals surface area contributed by atoms with Gasteiger partial charge in [-0.3, -0.25) is 0 Å². The highest BCUT2D eigenvalue weighted by Gasteiger charge is 2.24. The number of phenolic OH excluding ortho intramolecular Hbond substituents is 1. The first-order chi connectivity index (χ1) is 18.9. The number of carbonyl (C=O) groups is 2. The summed E-state index contributed by atoms with van der Waals surface area (Å²) in [4.78, 5) is 25.1. The third-order valence-corrected chi connectivity index (χ3v) is 6.30. The van der Waals surface area contributed by atoms with Crippen molar-refractivity contribution < 1.29 is 24.2 Å². The molecule has 0 radical (unpaired) electrons. The Morgan fingerprint density at radius 3 is 1.90 bits per heavy atom. The first kappa shape index (κ1) is 27.6. The minimum atomic E-state index is -1.07. The topological polar surface area (TPSA) is 125 Å². The van der Waals surface area contributed by atoms with E-state index >= 15 is 0 Å². The maximum Gasteiger partial charge on any atom is 0.330 e. The monoisotopic (exact) mass is 524 g/mol. The molecule has 0 heterocycles. The van der Waals surface area contributed by atoms with Crippen molar-refractivity contribution in [3.05, 3.63) is 131 Å². The average Bonchev–Trinajstić information content (AvgIpc) is 2.95. The summed E-state index contributed by atoms with van der Waals surface area (Å²) in [5.41, 5.74) is 16.7. The summed E-state index contributed by atoms with van der Waals surface area (Å²) in [7, 11) is 0.